The van der Waals surface area contributed by atoms with Crippen molar-refractivity contribution in [1.82, 2.24) is 21.0 Å². The summed E-state index contributed by atoms with van der Waals surface area (Å²) in [6.07, 6.45) is 5.82. The Morgan fingerprint density at radius 2 is 1.65 bits per heavy atom. The van der Waals surface area contributed by atoms with Crippen molar-refractivity contribution in [3.63, 3.8) is 0 Å². The number of nitrogens with two attached hydrogens (primary N) is 1. The highest BCUT2D eigenvalue weighted by Crippen LogP contribution is 2.31. The number of amides is 4. The average Bonchev–Trinajstić information content (AvgIpc) is 3.53. The van der Waals surface area contributed by atoms with E-state index in [0.717, 1.165) is 4.90 Å². The number of carbonyl (C=O) groups excluding carboxylic acids is 4. The topological polar surface area (TPSA) is 176 Å². The summed E-state index contributed by atoms with van der Waals surface area (Å²) in [6.45, 7) is 12.0. The molecule has 0 saturated carbocycles. The van der Waals surface area contributed by atoms with Gasteiger partial charge in [-0.2, -0.15) is 5.43 Å². The normalized spacial score (nSPS) is 18.3. The molecule has 2 aromatic rings. The standard InChI is InChI=1S/C39H57N7O5S/c1-7-28(6)37(39(51)42-23-29-13-11-12-19-41-29)44-38(50)32(27(4)5)22-34(47)33(21-26(2)3)46(24-30(43-25-46)16-17-35(40)48)45-36(49)18-20-52-31-14-9-8-10-15-31/h8-15,19,24-28,32-34,37,47H,7,16-18,20-23H2,1-6H3,(H4-,40,42,44,45,48,49,50,51)/p+1. The van der Waals surface area contributed by atoms with Crippen LogP contribution in [0.3, 0.4) is 0 Å². The van der Waals surface area contributed by atoms with Gasteiger partial charge in [-0.05, 0) is 48.4 Å². The number of primary amides is 1. The van der Waals surface area contributed by atoms with Crippen LogP contribution in [-0.4, -0.2) is 68.6 Å². The molecule has 6 atom stereocenters. The lowest BCUT2D eigenvalue weighted by Gasteiger charge is -2.39. The van der Waals surface area contributed by atoms with E-state index < -0.39 is 30.0 Å². The van der Waals surface area contributed by atoms with Crippen LogP contribution in [0.5, 0.6) is 0 Å². The highest BCUT2D eigenvalue weighted by molar-refractivity contribution is 7.99. The fourth-order valence-electron chi connectivity index (χ4n) is 6.19. The summed E-state index contributed by atoms with van der Waals surface area (Å²) >= 11 is 1.58. The molecule has 13 heteroatoms. The first-order chi connectivity index (χ1) is 24.7. The lowest BCUT2D eigenvalue weighted by atomic mass is 9.84. The Hall–Kier alpha value is -4.07. The molecular weight excluding hydrogens is 679 g/mol. The van der Waals surface area contributed by atoms with Gasteiger partial charge >= 0.3 is 0 Å². The number of hydrogen-bond acceptors (Lipinski definition) is 8. The lowest BCUT2D eigenvalue weighted by Crippen LogP contribution is -2.64. The number of quaternary nitrogens is 1. The number of nitrogens with one attached hydrogen (secondary N) is 3. The molecule has 0 bridgehead atoms. The molecule has 1 aliphatic rings. The zero-order valence-corrected chi connectivity index (χ0v) is 32.3. The van der Waals surface area contributed by atoms with Gasteiger partial charge in [-0.15, -0.1) is 16.4 Å². The number of aliphatic hydroxyl groups excluding tert-OH is 1. The first-order valence-electron chi connectivity index (χ1n) is 18.3. The third-order valence-electron chi connectivity index (χ3n) is 9.37. The third-order valence-corrected chi connectivity index (χ3v) is 10.4. The molecule has 0 saturated heterocycles. The van der Waals surface area contributed by atoms with Crippen LogP contribution in [-0.2, 0) is 25.7 Å². The van der Waals surface area contributed by atoms with Crippen molar-refractivity contribution in [3.8, 4) is 0 Å². The second kappa shape index (κ2) is 20.8. The Morgan fingerprint density at radius 1 is 0.942 bits per heavy atom. The van der Waals surface area contributed by atoms with E-state index in [9.17, 15) is 24.3 Å². The Labute approximate surface area is 313 Å². The molecule has 1 aromatic heterocycles. The predicted octanol–water partition coefficient (Wildman–Crippen LogP) is 4.85. The van der Waals surface area contributed by atoms with Gasteiger partial charge in [-0.3, -0.25) is 24.2 Å². The predicted molar refractivity (Wildman–Crippen MR) is 205 cm³/mol. The second-order valence-corrected chi connectivity index (χ2v) is 15.5. The number of benzene rings is 1. The smallest absolute Gasteiger partial charge is 0.266 e. The van der Waals surface area contributed by atoms with Gasteiger partial charge in [0.25, 0.3) is 5.91 Å². The highest BCUT2D eigenvalue weighted by atomic mass is 32.2. The van der Waals surface area contributed by atoms with Gasteiger partial charge in [0.1, 0.15) is 30.1 Å². The van der Waals surface area contributed by atoms with Gasteiger partial charge in [-0.25, -0.2) is 4.99 Å². The first-order valence-corrected chi connectivity index (χ1v) is 19.3. The minimum absolute atomic E-state index is 0.0850. The van der Waals surface area contributed by atoms with Gasteiger partial charge < -0.3 is 21.5 Å². The number of allylic oxidation sites excluding steroid dienone is 1. The molecule has 12 nitrogen and oxygen atoms in total. The quantitative estimate of drug-likeness (QED) is 0.0849. The Balaban J connectivity index is 1.84. The van der Waals surface area contributed by atoms with Crippen LogP contribution in [0.4, 0.5) is 0 Å². The monoisotopic (exact) mass is 736 g/mol. The van der Waals surface area contributed by atoms with Crippen LogP contribution in [0.25, 0.3) is 0 Å². The SMILES string of the molecule is CCC(C)C(NC(=O)C(CC(O)C(CC(C)C)[N+]1(NC(=O)CCSc2ccccc2)C=NC(CCC(N)=O)=C1)C(C)C)C(=O)NCc1ccccn1. The van der Waals surface area contributed by atoms with Gasteiger partial charge in [0.2, 0.25) is 24.1 Å². The van der Waals surface area contributed by atoms with E-state index in [4.69, 9.17) is 5.73 Å². The molecule has 52 heavy (non-hydrogen) atoms. The van der Waals surface area contributed by atoms with E-state index in [0.29, 0.717) is 30.0 Å². The van der Waals surface area contributed by atoms with Crippen molar-refractivity contribution in [2.75, 3.05) is 5.75 Å². The third kappa shape index (κ3) is 13.2. The number of nitrogens with zero attached hydrogens (tertiary/aromatic N) is 3. The van der Waals surface area contributed by atoms with E-state index in [-0.39, 0.29) is 72.3 Å². The zero-order chi connectivity index (χ0) is 38.3. The number of aliphatic imine (C=N–C) groups is 1. The van der Waals surface area contributed by atoms with Crippen LogP contribution in [0.1, 0.15) is 85.8 Å². The van der Waals surface area contributed by atoms with Crippen LogP contribution in [0, 0.1) is 23.7 Å². The summed E-state index contributed by atoms with van der Waals surface area (Å²) in [6, 6.07) is 13.9. The van der Waals surface area contributed by atoms with E-state index >= 15 is 0 Å². The average molecular weight is 737 g/mol. The molecule has 6 unspecified atom stereocenters. The van der Waals surface area contributed by atoms with Crippen molar-refractivity contribution >= 4 is 41.7 Å². The second-order valence-electron chi connectivity index (χ2n) is 14.4. The van der Waals surface area contributed by atoms with Gasteiger partial charge in [-0.1, -0.05) is 72.2 Å². The molecule has 2 heterocycles. The largest absolute Gasteiger partial charge is 0.387 e. The molecule has 1 aromatic carbocycles. The molecule has 0 aliphatic carbocycles. The van der Waals surface area contributed by atoms with Gasteiger partial charge in [0.15, 0.2) is 0 Å². The molecular formula is C39H58N7O5S+. The number of hydrogen-bond donors (Lipinski definition) is 5. The molecule has 4 amide bonds. The maximum absolute atomic E-state index is 14.0. The van der Waals surface area contributed by atoms with E-state index in [1.165, 1.54) is 0 Å². The maximum atomic E-state index is 14.0. The van der Waals surface area contributed by atoms with Crippen molar-refractivity contribution in [2.45, 2.75) is 110 Å². The fraction of sp³-hybridized carbons (Fsp3) is 0.538. The zero-order valence-electron chi connectivity index (χ0n) is 31.5. The summed E-state index contributed by atoms with van der Waals surface area (Å²) < 4.78 is -0.250. The fourth-order valence-corrected chi connectivity index (χ4v) is 7.06. The van der Waals surface area contributed by atoms with Crippen LogP contribution < -0.4 is 21.8 Å². The molecule has 284 valence electrons. The highest BCUT2D eigenvalue weighted by Gasteiger charge is 2.46. The van der Waals surface area contributed by atoms with Crippen molar-refractivity contribution in [3.05, 3.63) is 72.3 Å². The summed E-state index contributed by atoms with van der Waals surface area (Å²) in [5, 5.41) is 18.0. The Bertz CT molecular complexity index is 1520. The van der Waals surface area contributed by atoms with E-state index in [1.807, 2.05) is 84.0 Å². The van der Waals surface area contributed by atoms with Crippen molar-refractivity contribution in [2.24, 2.45) is 34.4 Å². The summed E-state index contributed by atoms with van der Waals surface area (Å²) in [4.78, 5) is 62.5. The van der Waals surface area contributed by atoms with Crippen LogP contribution >= 0.6 is 11.8 Å². The number of aromatic nitrogens is 1. The van der Waals surface area contributed by atoms with Gasteiger partial charge in [0.05, 0.1) is 12.2 Å². The molecule has 3 rings (SSSR count). The molecule has 1 aliphatic heterocycles. The summed E-state index contributed by atoms with van der Waals surface area (Å²) in [5.41, 5.74) is 9.85. The van der Waals surface area contributed by atoms with Crippen LogP contribution in [0.2, 0.25) is 0 Å². The van der Waals surface area contributed by atoms with E-state index in [2.05, 4.69) is 26.0 Å². The van der Waals surface area contributed by atoms with Crippen molar-refractivity contribution < 1.29 is 28.9 Å². The van der Waals surface area contributed by atoms with Crippen LogP contribution in [0.15, 0.2) is 76.5 Å². The van der Waals surface area contributed by atoms with E-state index in [1.54, 1.807) is 36.6 Å². The Morgan fingerprint density at radius 3 is 2.27 bits per heavy atom. The molecule has 0 radical (unpaired) electrons. The molecule has 6 N–H and O–H groups in total. The van der Waals surface area contributed by atoms with Crippen molar-refractivity contribution in [1.29, 1.82) is 0 Å². The first kappa shape index (κ1) is 42.3. The number of rotatable bonds is 22. The maximum Gasteiger partial charge on any atom is 0.266 e. The minimum atomic E-state index is -1.06. The molecule has 0 fully saturated rings. The number of thioether (sulfide) groups is 1. The number of carbonyl (C=O) groups is 4. The summed E-state index contributed by atoms with van der Waals surface area (Å²) in [7, 11) is 0. The number of pyridine rings is 1. The minimum Gasteiger partial charge on any atom is -0.387 e. The Kier molecular flexibility index (Phi) is 17.0. The lowest BCUT2D eigenvalue weighted by molar-refractivity contribution is -0.850. The molecule has 0 spiro atoms. The van der Waals surface area contributed by atoms with Gasteiger partial charge in [0, 0.05) is 48.4 Å². The number of aliphatic hydroxyl groups is 1. The summed E-state index contributed by atoms with van der Waals surface area (Å²) in [5.74, 6) is -1.61.